The second-order valence-corrected chi connectivity index (χ2v) is 9.12. The Hall–Kier alpha value is -2.96. The van der Waals surface area contributed by atoms with E-state index in [0.717, 1.165) is 33.6 Å². The molecule has 3 aromatic carbocycles. The summed E-state index contributed by atoms with van der Waals surface area (Å²) in [6.45, 7) is 0. The molecule has 0 atom stereocenters. The molecule has 3 aromatic rings. The average Bonchev–Trinajstić information content (AvgIpc) is 3.27. The number of hydrogen-bond acceptors (Lipinski definition) is 2. The maximum absolute atomic E-state index is 14.5. The largest absolute Gasteiger partial charge is 0.309 e. The van der Waals surface area contributed by atoms with Crippen molar-refractivity contribution in [1.29, 1.82) is 0 Å². The van der Waals surface area contributed by atoms with Crippen molar-refractivity contribution >= 4 is 29.3 Å². The van der Waals surface area contributed by atoms with Crippen LogP contribution in [0.15, 0.2) is 114 Å². The minimum absolute atomic E-state index is 0.817. The number of nitrogens with zero attached hydrogens (tertiary/aromatic N) is 1. The van der Waals surface area contributed by atoms with Gasteiger partial charge in [-0.25, -0.2) is 0 Å². The van der Waals surface area contributed by atoms with Crippen LogP contribution in [0.25, 0.3) is 0 Å². The Morgan fingerprint density at radius 2 is 1.37 bits per heavy atom. The molecule has 0 bridgehead atoms. The molecule has 0 aromatic heterocycles. The van der Waals surface area contributed by atoms with Crippen LogP contribution in [0.4, 0.5) is 0 Å². The van der Waals surface area contributed by atoms with Gasteiger partial charge in [0, 0.05) is 39.8 Å². The van der Waals surface area contributed by atoms with Crippen LogP contribution < -0.4 is 15.9 Å². The molecule has 1 aliphatic rings. The van der Waals surface area contributed by atoms with Crippen LogP contribution in [-0.4, -0.2) is 6.21 Å². The number of aliphatic imine (C=N–C) groups is 1. The Labute approximate surface area is 160 Å². The van der Waals surface area contributed by atoms with Gasteiger partial charge < -0.3 is 4.57 Å². The summed E-state index contributed by atoms with van der Waals surface area (Å²) in [6, 6.07) is 27.3. The Morgan fingerprint density at radius 3 is 1.96 bits per heavy atom. The number of rotatable bonds is 5. The molecule has 0 saturated heterocycles. The number of hydrogen-bond donors (Lipinski definition) is 0. The fourth-order valence-electron chi connectivity index (χ4n) is 3.27. The topological polar surface area (TPSA) is 29.4 Å². The van der Waals surface area contributed by atoms with Crippen LogP contribution in [0.5, 0.6) is 0 Å². The number of allylic oxidation sites excluding steroid dienone is 3. The van der Waals surface area contributed by atoms with E-state index in [0.29, 0.717) is 0 Å². The molecular weight excluding hydrogens is 349 g/mol. The first-order valence-electron chi connectivity index (χ1n) is 8.99. The zero-order valence-corrected chi connectivity index (χ0v) is 15.8. The molecule has 0 spiro atoms. The lowest BCUT2D eigenvalue weighted by molar-refractivity contribution is 0.592. The highest BCUT2D eigenvalue weighted by atomic mass is 31.2. The Morgan fingerprint density at radius 1 is 0.778 bits per heavy atom. The highest BCUT2D eigenvalue weighted by Gasteiger charge is 2.31. The molecule has 0 radical (unpaired) electrons. The minimum Gasteiger partial charge on any atom is -0.309 e. The minimum atomic E-state index is -3.00. The highest BCUT2D eigenvalue weighted by molar-refractivity contribution is 7.85. The van der Waals surface area contributed by atoms with Gasteiger partial charge in [-0.3, -0.25) is 4.99 Å². The second-order valence-electron chi connectivity index (χ2n) is 6.39. The van der Waals surface area contributed by atoms with Gasteiger partial charge in [-0.05, 0) is 6.08 Å². The van der Waals surface area contributed by atoms with Gasteiger partial charge in [-0.2, -0.15) is 0 Å². The Kier molecular flexibility index (Phi) is 5.00. The lowest BCUT2D eigenvalue weighted by Crippen LogP contribution is -2.27. The summed E-state index contributed by atoms with van der Waals surface area (Å²) in [5.41, 5.74) is 1.90. The first kappa shape index (κ1) is 17.5. The molecule has 4 rings (SSSR count). The molecule has 0 saturated carbocycles. The predicted octanol–water partition coefficient (Wildman–Crippen LogP) is 4.59. The van der Waals surface area contributed by atoms with Gasteiger partial charge >= 0.3 is 0 Å². The second kappa shape index (κ2) is 7.73. The smallest absolute Gasteiger partial charge is 0.171 e. The molecule has 2 nitrogen and oxygen atoms in total. The summed E-state index contributed by atoms with van der Waals surface area (Å²) in [5, 5.41) is 2.48. The molecule has 132 valence electrons. The predicted molar refractivity (Wildman–Crippen MR) is 115 cm³/mol. The molecule has 0 N–H and O–H groups in total. The molecule has 1 aliphatic carbocycles. The van der Waals surface area contributed by atoms with E-state index in [9.17, 15) is 4.57 Å². The van der Waals surface area contributed by atoms with Gasteiger partial charge in [-0.1, -0.05) is 97.1 Å². The normalized spacial score (nSPS) is 13.9. The van der Waals surface area contributed by atoms with E-state index in [1.807, 2.05) is 103 Å². The molecule has 0 aliphatic heterocycles. The SMILES string of the molecule is O=P(c1ccccc1)(c1ccccc1)c1ccccc1C=NC1=CC=CC1. The molecule has 3 heteroatoms. The van der Waals surface area contributed by atoms with Crippen LogP contribution >= 0.6 is 7.14 Å². The molecule has 0 amide bonds. The summed E-state index contributed by atoms with van der Waals surface area (Å²) in [6.07, 6.45) is 8.78. The lowest BCUT2D eigenvalue weighted by atomic mass is 10.2. The maximum Gasteiger partial charge on any atom is 0.171 e. The van der Waals surface area contributed by atoms with Gasteiger partial charge in [0.05, 0.1) is 0 Å². The molecular formula is C24H20NOP. The fraction of sp³-hybridized carbons (Fsp3) is 0.0417. The van der Waals surface area contributed by atoms with Gasteiger partial charge in [-0.15, -0.1) is 0 Å². The maximum atomic E-state index is 14.5. The highest BCUT2D eigenvalue weighted by Crippen LogP contribution is 2.43. The van der Waals surface area contributed by atoms with Crippen molar-refractivity contribution < 1.29 is 4.57 Å². The van der Waals surface area contributed by atoms with E-state index in [1.165, 1.54) is 0 Å². The summed E-state index contributed by atoms with van der Waals surface area (Å²) in [5.74, 6) is 0. The van der Waals surface area contributed by atoms with Crippen molar-refractivity contribution in [3.05, 3.63) is 114 Å². The summed E-state index contributed by atoms with van der Waals surface area (Å²) in [4.78, 5) is 4.61. The third-order valence-electron chi connectivity index (χ3n) is 4.64. The van der Waals surface area contributed by atoms with Crippen LogP contribution in [0, 0.1) is 0 Å². The van der Waals surface area contributed by atoms with Crippen molar-refractivity contribution in [1.82, 2.24) is 0 Å². The van der Waals surface area contributed by atoms with Gasteiger partial charge in [0.1, 0.15) is 0 Å². The summed E-state index contributed by atoms with van der Waals surface area (Å²) >= 11 is 0. The average molecular weight is 369 g/mol. The number of benzene rings is 3. The first-order chi connectivity index (χ1) is 13.3. The van der Waals surface area contributed by atoms with Crippen molar-refractivity contribution in [2.75, 3.05) is 0 Å². The van der Waals surface area contributed by atoms with Crippen LogP contribution in [0.3, 0.4) is 0 Å². The van der Waals surface area contributed by atoms with Crippen LogP contribution in [0.2, 0.25) is 0 Å². The van der Waals surface area contributed by atoms with E-state index < -0.39 is 7.14 Å². The van der Waals surface area contributed by atoms with Crippen molar-refractivity contribution in [3.8, 4) is 0 Å². The third-order valence-corrected chi connectivity index (χ3v) is 7.77. The van der Waals surface area contributed by atoms with Gasteiger partial charge in [0.25, 0.3) is 0 Å². The van der Waals surface area contributed by atoms with Crippen molar-refractivity contribution in [2.24, 2.45) is 4.99 Å². The van der Waals surface area contributed by atoms with E-state index in [1.54, 1.807) is 0 Å². The van der Waals surface area contributed by atoms with E-state index in [4.69, 9.17) is 0 Å². The molecule has 0 heterocycles. The van der Waals surface area contributed by atoms with Crippen molar-refractivity contribution in [2.45, 2.75) is 6.42 Å². The van der Waals surface area contributed by atoms with Crippen LogP contribution in [-0.2, 0) is 4.57 Å². The standard InChI is InChI=1S/C24H20NOP/c26-27(22-14-3-1-4-15-22,23-16-5-2-6-17-23)24-18-10-7-11-20(24)19-25-21-12-8-9-13-21/h1-12,14-19H,13H2. The first-order valence-corrected chi connectivity index (χ1v) is 10.7. The Bertz CT molecular complexity index is 1020. The van der Waals surface area contributed by atoms with E-state index in [2.05, 4.69) is 11.1 Å². The zero-order chi connectivity index (χ0) is 18.5. The lowest BCUT2D eigenvalue weighted by Gasteiger charge is -2.21. The monoisotopic (exact) mass is 369 g/mol. The van der Waals surface area contributed by atoms with E-state index in [-0.39, 0.29) is 0 Å². The van der Waals surface area contributed by atoms with Gasteiger partial charge in [0.15, 0.2) is 7.14 Å². The summed E-state index contributed by atoms with van der Waals surface area (Å²) < 4.78 is 14.5. The molecule has 27 heavy (non-hydrogen) atoms. The molecule has 0 unspecified atom stereocenters. The fourth-order valence-corrected chi connectivity index (χ4v) is 6.10. The third kappa shape index (κ3) is 3.49. The van der Waals surface area contributed by atoms with Gasteiger partial charge in [0.2, 0.25) is 0 Å². The molecule has 0 fully saturated rings. The van der Waals surface area contributed by atoms with E-state index >= 15 is 0 Å². The quantitative estimate of drug-likeness (QED) is 0.478. The zero-order valence-electron chi connectivity index (χ0n) is 14.9. The van der Waals surface area contributed by atoms with Crippen LogP contribution in [0.1, 0.15) is 12.0 Å². The Balaban J connectivity index is 1.88. The van der Waals surface area contributed by atoms with Crippen molar-refractivity contribution in [3.63, 3.8) is 0 Å². The summed E-state index contributed by atoms with van der Waals surface area (Å²) in [7, 11) is -3.00.